The highest BCUT2D eigenvalue weighted by atomic mass is 16.2. The number of nitrogens with two attached hydrogens (primary N) is 1. The van der Waals surface area contributed by atoms with Crippen LogP contribution in [0.2, 0.25) is 0 Å². The molecule has 3 heterocycles. The van der Waals surface area contributed by atoms with E-state index in [1.54, 1.807) is 15.8 Å². The molecule has 0 bridgehead atoms. The number of anilines is 1. The van der Waals surface area contributed by atoms with Gasteiger partial charge < -0.3 is 16.0 Å². The highest BCUT2D eigenvalue weighted by Crippen LogP contribution is 2.30. The summed E-state index contributed by atoms with van der Waals surface area (Å²) in [5.41, 5.74) is 6.49. The number of primary amides is 1. The van der Waals surface area contributed by atoms with E-state index < -0.39 is 17.7 Å². The van der Waals surface area contributed by atoms with Crippen molar-refractivity contribution >= 4 is 23.4 Å². The Labute approximate surface area is 150 Å². The minimum atomic E-state index is -0.775. The summed E-state index contributed by atoms with van der Waals surface area (Å²) < 4.78 is 1.72. The third-order valence-corrected chi connectivity index (χ3v) is 4.44. The zero-order chi connectivity index (χ0) is 18.7. The summed E-state index contributed by atoms with van der Waals surface area (Å²) in [5, 5.41) is 6.64. The van der Waals surface area contributed by atoms with Crippen LogP contribution in [0, 0.1) is 0 Å². The van der Waals surface area contributed by atoms with Crippen molar-refractivity contribution in [2.45, 2.75) is 25.3 Å². The summed E-state index contributed by atoms with van der Waals surface area (Å²) in [6.45, 7) is 0.502. The summed E-state index contributed by atoms with van der Waals surface area (Å²) in [6.07, 6.45) is 6.91. The van der Waals surface area contributed by atoms with E-state index in [1.165, 1.54) is 18.5 Å². The smallest absolute Gasteiger partial charge is 0.313 e. The van der Waals surface area contributed by atoms with E-state index in [2.05, 4.69) is 15.4 Å². The average molecular weight is 356 g/mol. The summed E-state index contributed by atoms with van der Waals surface area (Å²) in [6, 6.07) is 3.05. The molecule has 1 atom stereocenters. The Kier molecular flexibility index (Phi) is 4.97. The highest BCUT2D eigenvalue weighted by molar-refractivity contribution is 6.39. The van der Waals surface area contributed by atoms with Crippen molar-refractivity contribution in [2.24, 2.45) is 12.8 Å². The highest BCUT2D eigenvalue weighted by Gasteiger charge is 2.33. The van der Waals surface area contributed by atoms with Gasteiger partial charge in [-0.3, -0.25) is 24.0 Å². The summed E-state index contributed by atoms with van der Waals surface area (Å²) in [4.78, 5) is 41.8. The van der Waals surface area contributed by atoms with Crippen molar-refractivity contribution in [1.29, 1.82) is 0 Å². The first-order chi connectivity index (χ1) is 12.5. The molecule has 9 nitrogen and oxygen atoms in total. The molecule has 2 aromatic rings. The third kappa shape index (κ3) is 3.56. The van der Waals surface area contributed by atoms with Crippen molar-refractivity contribution < 1.29 is 14.4 Å². The fraction of sp³-hybridized carbons (Fsp3) is 0.353. The maximum Gasteiger partial charge on any atom is 0.313 e. The van der Waals surface area contributed by atoms with Gasteiger partial charge >= 0.3 is 11.8 Å². The molecule has 0 aliphatic carbocycles. The van der Waals surface area contributed by atoms with Gasteiger partial charge in [-0.25, -0.2) is 0 Å². The lowest BCUT2D eigenvalue weighted by Crippen LogP contribution is -2.44. The summed E-state index contributed by atoms with van der Waals surface area (Å²) in [7, 11) is 1.81. The Morgan fingerprint density at radius 1 is 1.27 bits per heavy atom. The Morgan fingerprint density at radius 2 is 2.08 bits per heavy atom. The van der Waals surface area contributed by atoms with Crippen LogP contribution in [0.25, 0.3) is 0 Å². The Bertz CT molecular complexity index is 847. The van der Waals surface area contributed by atoms with Crippen LogP contribution in [0.5, 0.6) is 0 Å². The van der Waals surface area contributed by atoms with Crippen molar-refractivity contribution in [1.82, 2.24) is 19.7 Å². The SMILES string of the molecule is Cn1nccc1[C@@H]1CCCCN1C(=O)C(=O)Nc1cncc(C(N)=O)c1. The van der Waals surface area contributed by atoms with E-state index >= 15 is 0 Å². The molecule has 1 aliphatic rings. The first-order valence-electron chi connectivity index (χ1n) is 8.32. The number of nitrogens with one attached hydrogen (secondary N) is 1. The minimum absolute atomic E-state index is 0.154. The number of likely N-dealkylation sites (tertiary alicyclic amines) is 1. The molecule has 3 rings (SSSR count). The van der Waals surface area contributed by atoms with Crippen molar-refractivity contribution in [3.8, 4) is 0 Å². The number of hydrogen-bond acceptors (Lipinski definition) is 5. The Morgan fingerprint density at radius 3 is 2.77 bits per heavy atom. The fourth-order valence-corrected chi connectivity index (χ4v) is 3.15. The largest absolute Gasteiger partial charge is 0.366 e. The second-order valence-electron chi connectivity index (χ2n) is 6.17. The normalized spacial score (nSPS) is 17.0. The first kappa shape index (κ1) is 17.6. The molecule has 136 valence electrons. The second-order valence-corrected chi connectivity index (χ2v) is 6.17. The number of rotatable bonds is 3. The van der Waals surface area contributed by atoms with Gasteiger partial charge in [-0.1, -0.05) is 0 Å². The number of hydrogen-bond donors (Lipinski definition) is 2. The van der Waals surface area contributed by atoms with Gasteiger partial charge in [0.1, 0.15) is 0 Å². The molecule has 1 aliphatic heterocycles. The topological polar surface area (TPSA) is 123 Å². The molecule has 26 heavy (non-hydrogen) atoms. The van der Waals surface area contributed by atoms with Crippen LogP contribution < -0.4 is 11.1 Å². The van der Waals surface area contributed by atoms with Gasteiger partial charge in [0.25, 0.3) is 0 Å². The molecular weight excluding hydrogens is 336 g/mol. The lowest BCUT2D eigenvalue weighted by Gasteiger charge is -2.35. The molecular formula is C17H20N6O3. The summed E-state index contributed by atoms with van der Waals surface area (Å²) in [5.74, 6) is -2.06. The molecule has 0 unspecified atom stereocenters. The number of amides is 3. The number of nitrogens with zero attached hydrogens (tertiary/aromatic N) is 4. The number of aromatic nitrogens is 3. The molecule has 2 aromatic heterocycles. The Hall–Kier alpha value is -3.23. The van der Waals surface area contributed by atoms with Gasteiger partial charge in [0.15, 0.2) is 0 Å². The molecule has 0 aromatic carbocycles. The first-order valence-corrected chi connectivity index (χ1v) is 8.32. The molecule has 0 radical (unpaired) electrons. The molecule has 9 heteroatoms. The van der Waals surface area contributed by atoms with E-state index in [4.69, 9.17) is 5.73 Å². The molecule has 3 amide bonds. The van der Waals surface area contributed by atoms with Crippen LogP contribution in [0.3, 0.4) is 0 Å². The number of carbonyl (C=O) groups is 3. The van der Waals surface area contributed by atoms with Crippen LogP contribution >= 0.6 is 0 Å². The number of pyridine rings is 1. The van der Waals surface area contributed by atoms with Gasteiger partial charge in [0.2, 0.25) is 5.91 Å². The number of aryl methyl sites for hydroxylation is 1. The van der Waals surface area contributed by atoms with E-state index in [-0.39, 0.29) is 17.3 Å². The molecule has 1 fully saturated rings. The molecule has 3 N–H and O–H groups in total. The predicted molar refractivity (Wildman–Crippen MR) is 92.9 cm³/mol. The van der Waals surface area contributed by atoms with E-state index in [0.29, 0.717) is 6.54 Å². The maximum atomic E-state index is 12.7. The second kappa shape index (κ2) is 7.34. The molecule has 1 saturated heterocycles. The van der Waals surface area contributed by atoms with E-state index in [0.717, 1.165) is 25.0 Å². The molecule has 0 spiro atoms. The maximum absolute atomic E-state index is 12.7. The Balaban J connectivity index is 1.76. The minimum Gasteiger partial charge on any atom is -0.366 e. The summed E-state index contributed by atoms with van der Waals surface area (Å²) >= 11 is 0. The van der Waals surface area contributed by atoms with Crippen LogP contribution in [0.15, 0.2) is 30.7 Å². The van der Waals surface area contributed by atoms with Crippen LogP contribution in [0.4, 0.5) is 5.69 Å². The fourth-order valence-electron chi connectivity index (χ4n) is 3.15. The van der Waals surface area contributed by atoms with Gasteiger partial charge in [0, 0.05) is 26.0 Å². The number of carbonyl (C=O) groups excluding carboxylic acids is 3. The van der Waals surface area contributed by atoms with Crippen molar-refractivity contribution in [2.75, 3.05) is 11.9 Å². The zero-order valence-electron chi connectivity index (χ0n) is 14.4. The standard InChI is InChI=1S/C17H20N6O3/c1-22-13(5-6-20-22)14-4-2-3-7-23(14)17(26)16(25)21-12-8-11(15(18)24)9-19-10-12/h5-6,8-10,14H,2-4,7H2,1H3,(H2,18,24)(H,21,25)/t14-/m0/s1. The molecule has 0 saturated carbocycles. The van der Waals surface area contributed by atoms with E-state index in [9.17, 15) is 14.4 Å². The van der Waals surface area contributed by atoms with Crippen molar-refractivity contribution in [3.63, 3.8) is 0 Å². The predicted octanol–water partition coefficient (Wildman–Crippen LogP) is 0.606. The van der Waals surface area contributed by atoms with E-state index in [1.807, 2.05) is 13.1 Å². The van der Waals surface area contributed by atoms with Gasteiger partial charge in [-0.05, 0) is 31.4 Å². The van der Waals surface area contributed by atoms with Crippen molar-refractivity contribution in [3.05, 3.63) is 42.0 Å². The lowest BCUT2D eigenvalue weighted by atomic mass is 9.99. The van der Waals surface area contributed by atoms with Crippen LogP contribution in [-0.2, 0) is 16.6 Å². The third-order valence-electron chi connectivity index (χ3n) is 4.44. The van der Waals surface area contributed by atoms with Gasteiger partial charge in [0.05, 0.1) is 29.2 Å². The monoisotopic (exact) mass is 356 g/mol. The average Bonchev–Trinajstić information content (AvgIpc) is 3.07. The number of piperidine rings is 1. The van der Waals surface area contributed by atoms with Crippen LogP contribution in [-0.4, -0.2) is 43.9 Å². The zero-order valence-corrected chi connectivity index (χ0v) is 14.4. The quantitative estimate of drug-likeness (QED) is 0.780. The lowest BCUT2D eigenvalue weighted by molar-refractivity contribution is -0.146. The van der Waals surface area contributed by atoms with Crippen LogP contribution in [0.1, 0.15) is 41.4 Å². The van der Waals surface area contributed by atoms with Gasteiger partial charge in [-0.15, -0.1) is 0 Å². The van der Waals surface area contributed by atoms with Gasteiger partial charge in [-0.2, -0.15) is 5.10 Å².